The number of amides is 1. The molecule has 0 radical (unpaired) electrons. The van der Waals surface area contributed by atoms with Crippen molar-refractivity contribution < 1.29 is 9.53 Å². The third-order valence-corrected chi connectivity index (χ3v) is 4.92. The monoisotopic (exact) mass is 312 g/mol. The van der Waals surface area contributed by atoms with Gasteiger partial charge in [-0.1, -0.05) is 11.3 Å². The van der Waals surface area contributed by atoms with Crippen LogP contribution in [0.4, 0.5) is 5.13 Å². The first-order valence-electron chi connectivity index (χ1n) is 7.21. The molecule has 1 saturated heterocycles. The Morgan fingerprint density at radius 3 is 2.67 bits per heavy atom. The summed E-state index contributed by atoms with van der Waals surface area (Å²) in [5.41, 5.74) is 0. The highest BCUT2D eigenvalue weighted by Gasteiger charge is 2.21. The summed E-state index contributed by atoms with van der Waals surface area (Å²) in [7, 11) is 5.61. The second-order valence-electron chi connectivity index (χ2n) is 5.48. The Bertz CT molecular complexity index is 481. The van der Waals surface area contributed by atoms with Gasteiger partial charge in [0.15, 0.2) is 5.13 Å². The Morgan fingerprint density at radius 1 is 1.48 bits per heavy atom. The minimum absolute atomic E-state index is 0.174. The average Bonchev–Trinajstić information content (AvgIpc) is 2.89. The van der Waals surface area contributed by atoms with Crippen LogP contribution in [0.25, 0.3) is 0 Å². The van der Waals surface area contributed by atoms with Crippen LogP contribution >= 0.6 is 11.3 Å². The van der Waals surface area contributed by atoms with Crippen LogP contribution in [0.5, 0.6) is 5.88 Å². The molecule has 1 aliphatic rings. The van der Waals surface area contributed by atoms with Crippen LogP contribution in [-0.2, 0) is 11.3 Å². The van der Waals surface area contributed by atoms with Gasteiger partial charge in [0.1, 0.15) is 0 Å². The molecule has 0 bridgehead atoms. The van der Waals surface area contributed by atoms with Gasteiger partial charge < -0.3 is 19.9 Å². The van der Waals surface area contributed by atoms with Gasteiger partial charge in [0.25, 0.3) is 0 Å². The van der Waals surface area contributed by atoms with Gasteiger partial charge in [-0.05, 0) is 12.8 Å². The first kappa shape index (κ1) is 16.0. The van der Waals surface area contributed by atoms with Crippen LogP contribution in [0, 0.1) is 0 Å². The zero-order valence-corrected chi connectivity index (χ0v) is 14.0. The Balaban J connectivity index is 1.87. The third kappa shape index (κ3) is 4.07. The SMILES string of the molecule is COc1nc(N(C)C)sc1CNC1CCN(C(C)=O)CC1. The van der Waals surface area contributed by atoms with Gasteiger partial charge in [-0.3, -0.25) is 4.79 Å². The largest absolute Gasteiger partial charge is 0.480 e. The fourth-order valence-corrected chi connectivity index (χ4v) is 3.33. The molecule has 1 aromatic rings. The Hall–Kier alpha value is -1.34. The number of hydrogen-bond acceptors (Lipinski definition) is 6. The van der Waals surface area contributed by atoms with Gasteiger partial charge in [0.2, 0.25) is 11.8 Å². The Morgan fingerprint density at radius 2 is 2.14 bits per heavy atom. The fourth-order valence-electron chi connectivity index (χ4n) is 2.42. The number of rotatable bonds is 5. The number of hydrogen-bond donors (Lipinski definition) is 1. The summed E-state index contributed by atoms with van der Waals surface area (Å²) in [6, 6.07) is 0.454. The van der Waals surface area contributed by atoms with Crippen LogP contribution in [0.15, 0.2) is 0 Å². The van der Waals surface area contributed by atoms with Crippen molar-refractivity contribution in [2.75, 3.05) is 39.2 Å². The van der Waals surface area contributed by atoms with Crippen molar-refractivity contribution in [3.05, 3.63) is 4.88 Å². The van der Waals surface area contributed by atoms with E-state index in [4.69, 9.17) is 4.74 Å². The minimum atomic E-state index is 0.174. The second kappa shape index (κ2) is 7.09. The van der Waals surface area contributed by atoms with E-state index < -0.39 is 0 Å². The van der Waals surface area contributed by atoms with Gasteiger partial charge in [-0.25, -0.2) is 0 Å². The standard InChI is InChI=1S/C14H24N4O2S/c1-10(19)18-7-5-11(6-8-18)15-9-12-13(20-4)16-14(21-12)17(2)3/h11,15H,5-9H2,1-4H3. The molecule has 0 unspecified atom stereocenters. The average molecular weight is 312 g/mol. The van der Waals surface area contributed by atoms with Crippen molar-refractivity contribution in [3.8, 4) is 5.88 Å². The van der Waals surface area contributed by atoms with E-state index >= 15 is 0 Å². The topological polar surface area (TPSA) is 57.7 Å². The van der Waals surface area contributed by atoms with Gasteiger partial charge in [-0.15, -0.1) is 0 Å². The van der Waals surface area contributed by atoms with Crippen molar-refractivity contribution >= 4 is 22.4 Å². The zero-order chi connectivity index (χ0) is 15.4. The molecular weight excluding hydrogens is 288 g/mol. The van der Waals surface area contributed by atoms with E-state index in [2.05, 4.69) is 10.3 Å². The molecule has 1 N–H and O–H groups in total. The molecule has 1 amide bonds. The van der Waals surface area contributed by atoms with Gasteiger partial charge in [0.05, 0.1) is 12.0 Å². The highest BCUT2D eigenvalue weighted by molar-refractivity contribution is 7.15. The maximum atomic E-state index is 11.3. The summed E-state index contributed by atoms with van der Waals surface area (Å²) < 4.78 is 5.34. The summed E-state index contributed by atoms with van der Waals surface area (Å²) in [6.45, 7) is 4.09. The number of ether oxygens (including phenoxy) is 1. The van der Waals surface area contributed by atoms with Crippen molar-refractivity contribution in [2.24, 2.45) is 0 Å². The number of aromatic nitrogens is 1. The molecule has 0 atom stereocenters. The maximum Gasteiger partial charge on any atom is 0.230 e. The first-order valence-corrected chi connectivity index (χ1v) is 8.02. The maximum absolute atomic E-state index is 11.3. The molecule has 118 valence electrons. The summed E-state index contributed by atoms with van der Waals surface area (Å²) in [4.78, 5) is 20.8. The predicted octanol–water partition coefficient (Wildman–Crippen LogP) is 1.32. The Labute approximate surface area is 130 Å². The first-order chi connectivity index (χ1) is 10.0. The van der Waals surface area contributed by atoms with Crippen LogP contribution in [0.3, 0.4) is 0 Å². The lowest BCUT2D eigenvalue weighted by molar-refractivity contribution is -0.129. The molecule has 0 aromatic carbocycles. The molecule has 0 spiro atoms. The Kier molecular flexibility index (Phi) is 5.41. The van der Waals surface area contributed by atoms with Crippen molar-refractivity contribution in [3.63, 3.8) is 0 Å². The normalized spacial score (nSPS) is 16.1. The number of thiazole rings is 1. The molecule has 7 heteroatoms. The van der Waals surface area contributed by atoms with Gasteiger partial charge >= 0.3 is 0 Å². The lowest BCUT2D eigenvalue weighted by Crippen LogP contribution is -2.43. The molecule has 1 aliphatic heterocycles. The number of nitrogens with zero attached hydrogens (tertiary/aromatic N) is 3. The number of piperidine rings is 1. The summed E-state index contributed by atoms with van der Waals surface area (Å²) in [6.07, 6.45) is 2.00. The molecule has 1 fully saturated rings. The summed E-state index contributed by atoms with van der Waals surface area (Å²) >= 11 is 1.65. The fraction of sp³-hybridized carbons (Fsp3) is 0.714. The molecule has 1 aromatic heterocycles. The molecule has 0 saturated carbocycles. The quantitative estimate of drug-likeness (QED) is 0.888. The van der Waals surface area contributed by atoms with Crippen molar-refractivity contribution in [2.45, 2.75) is 32.4 Å². The molecule has 0 aliphatic carbocycles. The molecule has 2 rings (SSSR count). The molecule has 2 heterocycles. The lowest BCUT2D eigenvalue weighted by atomic mass is 10.1. The number of carbonyl (C=O) groups excluding carboxylic acids is 1. The number of anilines is 1. The third-order valence-electron chi connectivity index (χ3n) is 3.72. The van der Waals surface area contributed by atoms with Crippen molar-refractivity contribution in [1.82, 2.24) is 15.2 Å². The minimum Gasteiger partial charge on any atom is -0.480 e. The van der Waals surface area contributed by atoms with E-state index in [1.165, 1.54) is 0 Å². The van der Waals surface area contributed by atoms with E-state index in [1.54, 1.807) is 25.4 Å². The van der Waals surface area contributed by atoms with E-state index in [9.17, 15) is 4.79 Å². The van der Waals surface area contributed by atoms with Gasteiger partial charge in [-0.2, -0.15) is 4.98 Å². The van der Waals surface area contributed by atoms with E-state index in [1.807, 2.05) is 23.9 Å². The van der Waals surface area contributed by atoms with Crippen LogP contribution in [-0.4, -0.2) is 56.1 Å². The summed E-state index contributed by atoms with van der Waals surface area (Å²) in [5, 5.41) is 4.51. The van der Waals surface area contributed by atoms with E-state index in [-0.39, 0.29) is 5.91 Å². The van der Waals surface area contributed by atoms with Crippen LogP contribution in [0.2, 0.25) is 0 Å². The smallest absolute Gasteiger partial charge is 0.230 e. The predicted molar refractivity (Wildman–Crippen MR) is 85.1 cm³/mol. The summed E-state index contributed by atoms with van der Waals surface area (Å²) in [5.74, 6) is 0.880. The molecule has 6 nitrogen and oxygen atoms in total. The highest BCUT2D eigenvalue weighted by atomic mass is 32.1. The number of carbonyl (C=O) groups is 1. The molecule has 21 heavy (non-hydrogen) atoms. The van der Waals surface area contributed by atoms with Crippen molar-refractivity contribution in [1.29, 1.82) is 0 Å². The zero-order valence-electron chi connectivity index (χ0n) is 13.2. The second-order valence-corrected chi connectivity index (χ2v) is 6.55. The van der Waals surface area contributed by atoms with E-state index in [0.717, 1.165) is 42.5 Å². The van der Waals surface area contributed by atoms with Gasteiger partial charge in [0, 0.05) is 46.7 Å². The number of methoxy groups -OCH3 is 1. The highest BCUT2D eigenvalue weighted by Crippen LogP contribution is 2.30. The number of nitrogens with one attached hydrogen (secondary N) is 1. The molecular formula is C14H24N4O2S. The lowest BCUT2D eigenvalue weighted by Gasteiger charge is -2.31. The van der Waals surface area contributed by atoms with E-state index in [0.29, 0.717) is 11.9 Å². The van der Waals surface area contributed by atoms with Crippen LogP contribution in [0.1, 0.15) is 24.6 Å². The van der Waals surface area contributed by atoms with Crippen LogP contribution < -0.4 is 15.0 Å². The number of likely N-dealkylation sites (tertiary alicyclic amines) is 1.